The van der Waals surface area contributed by atoms with E-state index in [1.54, 1.807) is 7.11 Å². The molecular weight excluding hydrogens is 230 g/mol. The van der Waals surface area contributed by atoms with Gasteiger partial charge in [0, 0.05) is 20.2 Å². The molecule has 1 rings (SSSR count). The number of ether oxygens (including phenoxy) is 3. The minimum absolute atomic E-state index is 0.531. The van der Waals surface area contributed by atoms with Crippen molar-refractivity contribution >= 4 is 0 Å². The molecule has 0 aromatic carbocycles. The lowest BCUT2D eigenvalue weighted by Gasteiger charge is -2.23. The molecule has 0 bridgehead atoms. The Morgan fingerprint density at radius 1 is 0.944 bits per heavy atom. The van der Waals surface area contributed by atoms with E-state index in [0.717, 1.165) is 19.7 Å². The van der Waals surface area contributed by atoms with Gasteiger partial charge in [0.25, 0.3) is 0 Å². The number of hydrogen-bond acceptors (Lipinski definition) is 4. The van der Waals surface area contributed by atoms with Crippen LogP contribution in [0.3, 0.4) is 0 Å². The third kappa shape index (κ3) is 7.31. The summed E-state index contributed by atoms with van der Waals surface area (Å²) in [4.78, 5) is 0. The van der Waals surface area contributed by atoms with E-state index in [-0.39, 0.29) is 0 Å². The monoisotopic (exact) mass is 259 g/mol. The summed E-state index contributed by atoms with van der Waals surface area (Å²) in [6.45, 7) is 7.84. The van der Waals surface area contributed by atoms with Crippen molar-refractivity contribution in [3.05, 3.63) is 0 Å². The van der Waals surface area contributed by atoms with Gasteiger partial charge in [-0.25, -0.2) is 0 Å². The van der Waals surface area contributed by atoms with E-state index in [4.69, 9.17) is 14.2 Å². The molecule has 0 radical (unpaired) electrons. The summed E-state index contributed by atoms with van der Waals surface area (Å²) in [5.41, 5.74) is 0.531. The molecule has 18 heavy (non-hydrogen) atoms. The van der Waals surface area contributed by atoms with E-state index in [2.05, 4.69) is 12.2 Å². The van der Waals surface area contributed by atoms with Gasteiger partial charge < -0.3 is 19.5 Å². The van der Waals surface area contributed by atoms with Gasteiger partial charge in [-0.15, -0.1) is 0 Å². The summed E-state index contributed by atoms with van der Waals surface area (Å²) in [5, 5.41) is 3.49. The third-order valence-electron chi connectivity index (χ3n) is 3.59. The van der Waals surface area contributed by atoms with Crippen LogP contribution < -0.4 is 5.32 Å². The Bertz CT molecular complexity index is 193. The van der Waals surface area contributed by atoms with E-state index in [1.807, 2.05) is 0 Å². The molecule has 0 atom stereocenters. The van der Waals surface area contributed by atoms with Crippen LogP contribution in [0.5, 0.6) is 0 Å². The average Bonchev–Trinajstić information content (AvgIpc) is 2.79. The Labute approximate surface area is 111 Å². The minimum atomic E-state index is 0.531. The quantitative estimate of drug-likeness (QED) is 0.575. The normalized spacial score (nSPS) is 18.3. The second-order valence-electron chi connectivity index (χ2n) is 5.41. The van der Waals surface area contributed by atoms with Crippen molar-refractivity contribution in [3.63, 3.8) is 0 Å². The molecule has 0 unspecified atom stereocenters. The van der Waals surface area contributed by atoms with Crippen LogP contribution >= 0.6 is 0 Å². The molecule has 0 aromatic rings. The Hall–Kier alpha value is -0.160. The van der Waals surface area contributed by atoms with Crippen LogP contribution in [0.1, 0.15) is 32.6 Å². The fourth-order valence-electron chi connectivity index (χ4n) is 2.40. The van der Waals surface area contributed by atoms with Gasteiger partial charge in [0.2, 0.25) is 0 Å². The first kappa shape index (κ1) is 15.9. The molecule has 0 aliphatic heterocycles. The van der Waals surface area contributed by atoms with Gasteiger partial charge in [-0.3, -0.25) is 0 Å². The van der Waals surface area contributed by atoms with Crippen molar-refractivity contribution in [2.45, 2.75) is 32.6 Å². The number of hydrogen-bond donors (Lipinski definition) is 1. The van der Waals surface area contributed by atoms with Crippen molar-refractivity contribution in [2.75, 3.05) is 53.2 Å². The minimum Gasteiger partial charge on any atom is -0.382 e. The Morgan fingerprint density at radius 2 is 1.56 bits per heavy atom. The van der Waals surface area contributed by atoms with Crippen LogP contribution in [-0.2, 0) is 14.2 Å². The van der Waals surface area contributed by atoms with Gasteiger partial charge in [0.05, 0.1) is 33.0 Å². The first-order valence-electron chi connectivity index (χ1n) is 7.12. The van der Waals surface area contributed by atoms with Gasteiger partial charge in [0.15, 0.2) is 0 Å². The summed E-state index contributed by atoms with van der Waals surface area (Å²) >= 11 is 0. The summed E-state index contributed by atoms with van der Waals surface area (Å²) in [5.74, 6) is 0. The average molecular weight is 259 g/mol. The smallest absolute Gasteiger partial charge is 0.0701 e. The highest BCUT2D eigenvalue weighted by Gasteiger charge is 2.27. The maximum Gasteiger partial charge on any atom is 0.0701 e. The highest BCUT2D eigenvalue weighted by Crippen LogP contribution is 2.36. The second-order valence-corrected chi connectivity index (χ2v) is 5.41. The predicted octanol–water partition coefficient (Wildman–Crippen LogP) is 1.84. The van der Waals surface area contributed by atoms with Gasteiger partial charge in [-0.1, -0.05) is 19.8 Å². The fraction of sp³-hybridized carbons (Fsp3) is 1.00. The van der Waals surface area contributed by atoms with E-state index in [9.17, 15) is 0 Å². The molecule has 1 saturated carbocycles. The van der Waals surface area contributed by atoms with Gasteiger partial charge >= 0.3 is 0 Å². The molecule has 0 spiro atoms. The first-order chi connectivity index (χ1) is 8.77. The molecule has 0 amide bonds. The first-order valence-corrected chi connectivity index (χ1v) is 7.12. The molecule has 0 heterocycles. The van der Waals surface area contributed by atoms with Crippen molar-refractivity contribution in [1.29, 1.82) is 0 Å². The fourth-order valence-corrected chi connectivity index (χ4v) is 2.40. The lowest BCUT2D eigenvalue weighted by molar-refractivity contribution is 0.0253. The topological polar surface area (TPSA) is 39.7 Å². The molecule has 1 N–H and O–H groups in total. The maximum absolute atomic E-state index is 5.48. The molecular formula is C14H29NO3. The third-order valence-corrected chi connectivity index (χ3v) is 3.59. The summed E-state index contributed by atoms with van der Waals surface area (Å²) < 4.78 is 15.7. The molecule has 4 nitrogen and oxygen atoms in total. The largest absolute Gasteiger partial charge is 0.382 e. The highest BCUT2D eigenvalue weighted by atomic mass is 16.5. The zero-order valence-corrected chi connectivity index (χ0v) is 12.0. The summed E-state index contributed by atoms with van der Waals surface area (Å²) in [7, 11) is 1.68. The number of rotatable bonds is 11. The Balaban J connectivity index is 1.78. The summed E-state index contributed by atoms with van der Waals surface area (Å²) in [6, 6.07) is 0. The van der Waals surface area contributed by atoms with E-state index < -0.39 is 0 Å². The van der Waals surface area contributed by atoms with Crippen LogP contribution in [0.25, 0.3) is 0 Å². The highest BCUT2D eigenvalue weighted by molar-refractivity contribution is 4.82. The van der Waals surface area contributed by atoms with Gasteiger partial charge in [-0.2, -0.15) is 0 Å². The van der Waals surface area contributed by atoms with Crippen LogP contribution in [0, 0.1) is 5.41 Å². The van der Waals surface area contributed by atoms with Crippen molar-refractivity contribution in [2.24, 2.45) is 5.41 Å². The molecule has 4 heteroatoms. The van der Waals surface area contributed by atoms with Gasteiger partial charge in [-0.05, 0) is 18.3 Å². The second kappa shape index (κ2) is 9.73. The van der Waals surface area contributed by atoms with Crippen LogP contribution in [0.2, 0.25) is 0 Å². The number of methoxy groups -OCH3 is 1. The molecule has 1 aliphatic rings. The van der Waals surface area contributed by atoms with E-state index in [0.29, 0.717) is 31.8 Å². The van der Waals surface area contributed by atoms with Gasteiger partial charge in [0.1, 0.15) is 0 Å². The summed E-state index contributed by atoms with van der Waals surface area (Å²) in [6.07, 6.45) is 5.53. The number of nitrogens with one attached hydrogen (secondary N) is 1. The van der Waals surface area contributed by atoms with Crippen LogP contribution in [-0.4, -0.2) is 53.2 Å². The molecule has 0 saturated heterocycles. The van der Waals surface area contributed by atoms with Crippen molar-refractivity contribution < 1.29 is 14.2 Å². The lowest BCUT2D eigenvalue weighted by atomic mass is 9.89. The van der Waals surface area contributed by atoms with Crippen molar-refractivity contribution in [1.82, 2.24) is 5.32 Å². The molecule has 108 valence electrons. The zero-order valence-electron chi connectivity index (χ0n) is 12.0. The molecule has 1 aliphatic carbocycles. The maximum atomic E-state index is 5.48. The van der Waals surface area contributed by atoms with Crippen LogP contribution in [0.4, 0.5) is 0 Å². The zero-order chi connectivity index (χ0) is 13.1. The Kier molecular flexibility index (Phi) is 8.59. The van der Waals surface area contributed by atoms with Crippen LogP contribution in [0.15, 0.2) is 0 Å². The predicted molar refractivity (Wildman–Crippen MR) is 73.0 cm³/mol. The van der Waals surface area contributed by atoms with E-state index >= 15 is 0 Å². The van der Waals surface area contributed by atoms with E-state index in [1.165, 1.54) is 25.7 Å². The standard InChI is InChI=1S/C14H29NO3/c1-14(5-3-4-6-14)13-15-7-8-17-11-12-18-10-9-16-2/h15H,3-13H2,1-2H3. The molecule has 1 fully saturated rings. The van der Waals surface area contributed by atoms with Crippen molar-refractivity contribution in [3.8, 4) is 0 Å². The molecule has 0 aromatic heterocycles. The lowest BCUT2D eigenvalue weighted by Crippen LogP contribution is -2.32. The Morgan fingerprint density at radius 3 is 2.22 bits per heavy atom. The SMILES string of the molecule is COCCOCCOCCNCC1(C)CCCC1.